The summed E-state index contributed by atoms with van der Waals surface area (Å²) in [5.74, 6) is 0. The Morgan fingerprint density at radius 1 is 1.20 bits per heavy atom. The second-order valence-electron chi connectivity index (χ2n) is 4.09. The Kier molecular flexibility index (Phi) is 5.42. The van der Waals surface area contributed by atoms with Crippen molar-refractivity contribution in [1.29, 1.82) is 0 Å². The van der Waals surface area contributed by atoms with Gasteiger partial charge in [-0.3, -0.25) is 4.72 Å². The quantitative estimate of drug-likeness (QED) is 0.703. The maximum absolute atomic E-state index is 12.3. The number of para-hydroxylation sites is 1. The second kappa shape index (κ2) is 6.88. The highest BCUT2D eigenvalue weighted by atomic mass is 127. The number of anilines is 1. The van der Waals surface area contributed by atoms with Gasteiger partial charge in [-0.15, -0.1) is 11.3 Å². The predicted molar refractivity (Wildman–Crippen MR) is 91.7 cm³/mol. The molecular weight excluding hydrogens is 407 g/mol. The zero-order chi connectivity index (χ0) is 14.6. The Balaban J connectivity index is 2.18. The van der Waals surface area contributed by atoms with Crippen LogP contribution >= 0.6 is 33.9 Å². The monoisotopic (exact) mass is 422 g/mol. The lowest BCUT2D eigenvalue weighted by Gasteiger charge is -2.07. The first-order valence-corrected chi connectivity index (χ1v) is 9.47. The molecule has 0 saturated carbocycles. The molecule has 0 amide bonds. The molecule has 20 heavy (non-hydrogen) atoms. The summed E-state index contributed by atoms with van der Waals surface area (Å²) in [6, 6.07) is 10.8. The summed E-state index contributed by atoms with van der Waals surface area (Å²) in [4.78, 5) is 1.01. The fourth-order valence-corrected chi connectivity index (χ4v) is 4.70. The number of thiophene rings is 1. The fourth-order valence-electron chi connectivity index (χ4n) is 1.58. The van der Waals surface area contributed by atoms with Crippen molar-refractivity contribution < 1.29 is 8.42 Å². The molecule has 0 saturated heterocycles. The first-order chi connectivity index (χ1) is 9.53. The average molecular weight is 422 g/mol. The summed E-state index contributed by atoms with van der Waals surface area (Å²) in [5, 5.41) is 3.18. The number of rotatable bonds is 6. The molecule has 0 aliphatic rings. The maximum Gasteiger partial charge on any atom is 0.271 e. The molecule has 2 rings (SSSR count). The van der Waals surface area contributed by atoms with Crippen molar-refractivity contribution in [2.75, 3.05) is 11.3 Å². The smallest absolute Gasteiger partial charge is 0.271 e. The molecule has 0 aliphatic carbocycles. The molecule has 0 bridgehead atoms. The summed E-state index contributed by atoms with van der Waals surface area (Å²) >= 11 is 3.40. The summed E-state index contributed by atoms with van der Waals surface area (Å²) in [6.45, 7) is 3.57. The van der Waals surface area contributed by atoms with Crippen molar-refractivity contribution in [3.05, 3.63) is 44.8 Å². The van der Waals surface area contributed by atoms with Gasteiger partial charge in [0.15, 0.2) is 0 Å². The molecule has 2 N–H and O–H groups in total. The molecular formula is C13H15IN2O2S2. The van der Waals surface area contributed by atoms with Crippen LogP contribution in [0.1, 0.15) is 11.8 Å². The molecule has 0 atom stereocenters. The Morgan fingerprint density at radius 3 is 2.65 bits per heavy atom. The Morgan fingerprint density at radius 2 is 1.95 bits per heavy atom. The van der Waals surface area contributed by atoms with Crippen LogP contribution in [0.3, 0.4) is 0 Å². The largest absolute Gasteiger partial charge is 0.312 e. The van der Waals surface area contributed by atoms with Crippen LogP contribution in [0.25, 0.3) is 0 Å². The van der Waals surface area contributed by atoms with Crippen molar-refractivity contribution in [3.8, 4) is 0 Å². The molecule has 0 unspecified atom stereocenters. The minimum absolute atomic E-state index is 0.338. The van der Waals surface area contributed by atoms with E-state index >= 15 is 0 Å². The molecule has 0 fully saturated rings. The van der Waals surface area contributed by atoms with Gasteiger partial charge < -0.3 is 5.32 Å². The van der Waals surface area contributed by atoms with E-state index in [1.165, 1.54) is 11.3 Å². The van der Waals surface area contributed by atoms with Gasteiger partial charge in [-0.2, -0.15) is 0 Å². The summed E-state index contributed by atoms with van der Waals surface area (Å²) < 4.78 is 28.5. The molecule has 0 aliphatic heterocycles. The predicted octanol–water partition coefficient (Wildman–Crippen LogP) is 3.26. The Labute approximate surface area is 136 Å². The third-order valence-corrected chi connectivity index (χ3v) is 6.45. The van der Waals surface area contributed by atoms with Gasteiger partial charge in [0.1, 0.15) is 4.21 Å². The van der Waals surface area contributed by atoms with Crippen molar-refractivity contribution >= 4 is 49.6 Å². The third kappa shape index (κ3) is 3.94. The van der Waals surface area contributed by atoms with Crippen molar-refractivity contribution in [2.45, 2.75) is 17.7 Å². The number of nitrogens with one attached hydrogen (secondary N) is 2. The fraction of sp³-hybridized carbons (Fsp3) is 0.231. The molecule has 108 valence electrons. The van der Waals surface area contributed by atoms with Crippen LogP contribution < -0.4 is 10.0 Å². The number of benzene rings is 1. The topological polar surface area (TPSA) is 58.2 Å². The number of sulfonamides is 1. The van der Waals surface area contributed by atoms with Gasteiger partial charge in [0, 0.05) is 15.0 Å². The van der Waals surface area contributed by atoms with E-state index in [1.54, 1.807) is 12.1 Å². The van der Waals surface area contributed by atoms with E-state index in [4.69, 9.17) is 0 Å². The molecule has 0 spiro atoms. The summed E-state index contributed by atoms with van der Waals surface area (Å²) in [5.41, 5.74) is 0.606. The van der Waals surface area contributed by atoms with Gasteiger partial charge in [0.2, 0.25) is 0 Å². The molecule has 1 aromatic heterocycles. The Bertz CT molecular complexity index is 683. The molecule has 4 nitrogen and oxygen atoms in total. The third-order valence-electron chi connectivity index (χ3n) is 2.57. The highest BCUT2D eigenvalue weighted by molar-refractivity contribution is 14.1. The molecule has 2 aromatic rings. The van der Waals surface area contributed by atoms with Gasteiger partial charge in [-0.05, 0) is 53.4 Å². The number of hydrogen-bond donors (Lipinski definition) is 2. The highest BCUT2D eigenvalue weighted by Gasteiger charge is 2.17. The second-order valence-corrected chi connectivity index (χ2v) is 8.33. The first kappa shape index (κ1) is 15.7. The van der Waals surface area contributed by atoms with Crippen molar-refractivity contribution in [1.82, 2.24) is 5.32 Å². The lowest BCUT2D eigenvalue weighted by atomic mass is 10.3. The van der Waals surface area contributed by atoms with Crippen LogP contribution in [0.4, 0.5) is 5.69 Å². The maximum atomic E-state index is 12.3. The van der Waals surface area contributed by atoms with Gasteiger partial charge in [-0.1, -0.05) is 19.1 Å². The molecule has 1 aromatic carbocycles. The van der Waals surface area contributed by atoms with E-state index in [0.717, 1.165) is 15.0 Å². The van der Waals surface area contributed by atoms with Crippen LogP contribution in [-0.2, 0) is 16.6 Å². The summed E-state index contributed by atoms with van der Waals surface area (Å²) in [7, 11) is -3.50. The Hall–Kier alpha value is -0.640. The lowest BCUT2D eigenvalue weighted by Crippen LogP contribution is -2.12. The van der Waals surface area contributed by atoms with Crippen LogP contribution in [-0.4, -0.2) is 15.0 Å². The zero-order valence-corrected chi connectivity index (χ0v) is 14.7. The van der Waals surface area contributed by atoms with Gasteiger partial charge in [0.05, 0.1) is 5.69 Å². The van der Waals surface area contributed by atoms with Crippen LogP contribution in [0, 0.1) is 3.57 Å². The van der Waals surface area contributed by atoms with Gasteiger partial charge in [0.25, 0.3) is 10.0 Å². The average Bonchev–Trinajstić information content (AvgIpc) is 2.88. The summed E-state index contributed by atoms with van der Waals surface area (Å²) in [6.07, 6.45) is 0. The van der Waals surface area contributed by atoms with Gasteiger partial charge >= 0.3 is 0 Å². The van der Waals surface area contributed by atoms with E-state index in [2.05, 4.69) is 32.6 Å². The SMILES string of the molecule is CCNCc1ccc(S(=O)(=O)Nc2ccccc2I)s1. The number of hydrogen-bond acceptors (Lipinski definition) is 4. The number of halogens is 1. The normalized spacial score (nSPS) is 11.5. The lowest BCUT2D eigenvalue weighted by molar-refractivity contribution is 0.603. The minimum atomic E-state index is -3.50. The van der Waals surface area contributed by atoms with E-state index in [1.807, 2.05) is 31.2 Å². The van der Waals surface area contributed by atoms with E-state index in [-0.39, 0.29) is 0 Å². The minimum Gasteiger partial charge on any atom is -0.312 e. The standard InChI is InChI=1S/C13H15IN2O2S2/c1-2-15-9-10-7-8-13(19-10)20(17,18)16-12-6-4-3-5-11(12)14/h3-8,15-16H,2,9H2,1H3. The van der Waals surface area contributed by atoms with Gasteiger partial charge in [-0.25, -0.2) is 8.42 Å². The molecule has 0 radical (unpaired) electrons. The van der Waals surface area contributed by atoms with Crippen molar-refractivity contribution in [3.63, 3.8) is 0 Å². The van der Waals surface area contributed by atoms with Crippen molar-refractivity contribution in [2.24, 2.45) is 0 Å². The highest BCUT2D eigenvalue weighted by Crippen LogP contribution is 2.26. The van der Waals surface area contributed by atoms with Crippen LogP contribution in [0.15, 0.2) is 40.6 Å². The van der Waals surface area contributed by atoms with E-state index < -0.39 is 10.0 Å². The molecule has 7 heteroatoms. The van der Waals surface area contributed by atoms with E-state index in [9.17, 15) is 8.42 Å². The van der Waals surface area contributed by atoms with Crippen LogP contribution in [0.5, 0.6) is 0 Å². The van der Waals surface area contributed by atoms with E-state index in [0.29, 0.717) is 16.4 Å². The molecule has 1 heterocycles. The zero-order valence-electron chi connectivity index (χ0n) is 10.9. The first-order valence-electron chi connectivity index (χ1n) is 6.09. The van der Waals surface area contributed by atoms with Crippen LogP contribution in [0.2, 0.25) is 0 Å².